The smallest absolute Gasteiger partial charge is 0.312 e. The third-order valence-electron chi connectivity index (χ3n) is 3.27. The summed E-state index contributed by atoms with van der Waals surface area (Å²) in [7, 11) is 0. The summed E-state index contributed by atoms with van der Waals surface area (Å²) in [4.78, 5) is 26.2. The Morgan fingerprint density at radius 1 is 1.45 bits per heavy atom. The zero-order chi connectivity index (χ0) is 14.4. The fourth-order valence-corrected chi connectivity index (χ4v) is 3.06. The number of hydrogen-bond donors (Lipinski definition) is 3. The van der Waals surface area contributed by atoms with Gasteiger partial charge < -0.3 is 21.3 Å². The van der Waals surface area contributed by atoms with Crippen LogP contribution in [0.3, 0.4) is 0 Å². The van der Waals surface area contributed by atoms with Gasteiger partial charge in [0.15, 0.2) is 0 Å². The molecule has 0 aliphatic carbocycles. The van der Waals surface area contributed by atoms with Crippen LogP contribution in [-0.2, 0) is 4.79 Å². The summed E-state index contributed by atoms with van der Waals surface area (Å²) in [6, 6.07) is 2.86. The first-order chi connectivity index (χ1) is 9.66. The number of carbonyl (C=O) groups is 2. The minimum Gasteiger partial charge on any atom is -0.352 e. The Labute approximate surface area is 122 Å². The van der Waals surface area contributed by atoms with Crippen molar-refractivity contribution in [3.63, 3.8) is 0 Å². The molecule has 0 radical (unpaired) electrons. The van der Waals surface area contributed by atoms with E-state index in [2.05, 4.69) is 10.6 Å². The first kappa shape index (κ1) is 14.8. The molecular formula is C13H20N4O2S. The van der Waals surface area contributed by atoms with Crippen LogP contribution in [0.2, 0.25) is 0 Å². The number of hydrogen-bond acceptors (Lipinski definition) is 4. The molecule has 1 atom stereocenters. The van der Waals surface area contributed by atoms with Crippen molar-refractivity contribution >= 4 is 23.3 Å². The standard InChI is InChI=1S/C13H20N4O2S/c14-13(19)16-10(11-3-1-8-20-11)9-12(18)17-6-2-4-15-5-7-17/h1,3,8,10,15H,2,4-7,9H2,(H3,14,16,19). The van der Waals surface area contributed by atoms with Crippen LogP contribution in [0.4, 0.5) is 4.79 Å². The van der Waals surface area contributed by atoms with E-state index in [-0.39, 0.29) is 18.4 Å². The fraction of sp³-hybridized carbons (Fsp3) is 0.538. The van der Waals surface area contributed by atoms with Crippen molar-refractivity contribution in [2.45, 2.75) is 18.9 Å². The van der Waals surface area contributed by atoms with Gasteiger partial charge in [0.25, 0.3) is 0 Å². The molecule has 110 valence electrons. The number of nitrogens with two attached hydrogens (primary N) is 1. The quantitative estimate of drug-likeness (QED) is 0.763. The van der Waals surface area contributed by atoms with Crippen LogP contribution in [0.25, 0.3) is 0 Å². The molecular weight excluding hydrogens is 276 g/mol. The van der Waals surface area contributed by atoms with Gasteiger partial charge in [-0.25, -0.2) is 4.79 Å². The summed E-state index contributed by atoms with van der Waals surface area (Å²) in [5, 5.41) is 7.84. The summed E-state index contributed by atoms with van der Waals surface area (Å²) < 4.78 is 0. The van der Waals surface area contributed by atoms with Gasteiger partial charge in [0.05, 0.1) is 12.5 Å². The molecule has 1 aromatic heterocycles. The van der Waals surface area contributed by atoms with Gasteiger partial charge in [0, 0.05) is 24.5 Å². The van der Waals surface area contributed by atoms with Gasteiger partial charge in [-0.15, -0.1) is 11.3 Å². The van der Waals surface area contributed by atoms with Crippen molar-refractivity contribution in [3.05, 3.63) is 22.4 Å². The molecule has 1 aliphatic rings. The number of carbonyl (C=O) groups excluding carboxylic acids is 2. The van der Waals surface area contributed by atoms with E-state index in [0.717, 1.165) is 30.9 Å². The fourth-order valence-electron chi connectivity index (χ4n) is 2.28. The topological polar surface area (TPSA) is 87.5 Å². The molecule has 2 rings (SSSR count). The SMILES string of the molecule is NC(=O)NC(CC(=O)N1CCCNCC1)c1cccs1. The second kappa shape index (κ2) is 7.25. The Kier molecular flexibility index (Phi) is 5.37. The summed E-state index contributed by atoms with van der Waals surface area (Å²) in [5.41, 5.74) is 5.20. The Balaban J connectivity index is 1.99. The molecule has 3 amide bonds. The number of rotatable bonds is 4. The summed E-state index contributed by atoms with van der Waals surface area (Å²) in [6.07, 6.45) is 1.21. The highest BCUT2D eigenvalue weighted by Gasteiger charge is 2.22. The Morgan fingerprint density at radius 3 is 3.00 bits per heavy atom. The van der Waals surface area contributed by atoms with Crippen LogP contribution in [0.1, 0.15) is 23.8 Å². The van der Waals surface area contributed by atoms with E-state index in [1.54, 1.807) is 0 Å². The van der Waals surface area contributed by atoms with Crippen molar-refractivity contribution in [2.75, 3.05) is 26.2 Å². The Bertz CT molecular complexity index is 441. The molecule has 0 aromatic carbocycles. The van der Waals surface area contributed by atoms with Gasteiger partial charge >= 0.3 is 6.03 Å². The maximum Gasteiger partial charge on any atom is 0.312 e. The highest BCUT2D eigenvalue weighted by molar-refractivity contribution is 7.10. The predicted octanol–water partition coefficient (Wildman–Crippen LogP) is 0.670. The number of thiophene rings is 1. The number of urea groups is 1. The van der Waals surface area contributed by atoms with Crippen LogP contribution < -0.4 is 16.4 Å². The van der Waals surface area contributed by atoms with Gasteiger partial charge in [0.2, 0.25) is 5.91 Å². The number of primary amides is 1. The minimum atomic E-state index is -0.603. The number of amides is 3. The summed E-state index contributed by atoms with van der Waals surface area (Å²) >= 11 is 1.51. The second-order valence-electron chi connectivity index (χ2n) is 4.77. The monoisotopic (exact) mass is 296 g/mol. The molecule has 0 spiro atoms. The van der Waals surface area contributed by atoms with Crippen LogP contribution in [0.15, 0.2) is 17.5 Å². The highest BCUT2D eigenvalue weighted by atomic mass is 32.1. The molecule has 6 nitrogen and oxygen atoms in total. The first-order valence-electron chi connectivity index (χ1n) is 6.74. The normalized spacial score (nSPS) is 17.3. The van der Waals surface area contributed by atoms with Crippen LogP contribution in [0, 0.1) is 0 Å². The lowest BCUT2D eigenvalue weighted by molar-refractivity contribution is -0.131. The maximum atomic E-state index is 12.3. The molecule has 0 saturated carbocycles. The van der Waals surface area contributed by atoms with Crippen LogP contribution >= 0.6 is 11.3 Å². The lowest BCUT2D eigenvalue weighted by Crippen LogP contribution is -2.39. The molecule has 4 N–H and O–H groups in total. The van der Waals surface area contributed by atoms with E-state index in [1.807, 2.05) is 22.4 Å². The van der Waals surface area contributed by atoms with Crippen molar-refractivity contribution in [3.8, 4) is 0 Å². The molecule has 7 heteroatoms. The average Bonchev–Trinajstić information content (AvgIpc) is 2.79. The second-order valence-corrected chi connectivity index (χ2v) is 5.74. The third kappa shape index (κ3) is 4.21. The van der Waals surface area contributed by atoms with Gasteiger partial charge in [0.1, 0.15) is 0 Å². The van der Waals surface area contributed by atoms with Gasteiger partial charge in [-0.2, -0.15) is 0 Å². The molecule has 1 unspecified atom stereocenters. The molecule has 1 saturated heterocycles. The van der Waals surface area contributed by atoms with Crippen molar-refractivity contribution in [2.24, 2.45) is 5.73 Å². The van der Waals surface area contributed by atoms with E-state index in [9.17, 15) is 9.59 Å². The zero-order valence-electron chi connectivity index (χ0n) is 11.3. The van der Waals surface area contributed by atoms with E-state index < -0.39 is 6.03 Å². The van der Waals surface area contributed by atoms with Crippen molar-refractivity contribution in [1.29, 1.82) is 0 Å². The van der Waals surface area contributed by atoms with Gasteiger partial charge in [-0.1, -0.05) is 6.07 Å². The summed E-state index contributed by atoms with van der Waals surface area (Å²) in [6.45, 7) is 3.24. The third-order valence-corrected chi connectivity index (χ3v) is 4.26. The lowest BCUT2D eigenvalue weighted by atomic mass is 10.1. The van der Waals surface area contributed by atoms with Crippen molar-refractivity contribution < 1.29 is 9.59 Å². The van der Waals surface area contributed by atoms with Crippen molar-refractivity contribution in [1.82, 2.24) is 15.5 Å². The van der Waals surface area contributed by atoms with E-state index in [1.165, 1.54) is 11.3 Å². The highest BCUT2D eigenvalue weighted by Crippen LogP contribution is 2.22. The van der Waals surface area contributed by atoms with E-state index in [0.29, 0.717) is 6.54 Å². The summed E-state index contributed by atoms with van der Waals surface area (Å²) in [5.74, 6) is 0.0563. The molecule has 2 heterocycles. The van der Waals surface area contributed by atoms with E-state index in [4.69, 9.17) is 5.73 Å². The molecule has 0 bridgehead atoms. The molecule has 1 aromatic rings. The zero-order valence-corrected chi connectivity index (χ0v) is 12.1. The van der Waals surface area contributed by atoms with E-state index >= 15 is 0 Å². The van der Waals surface area contributed by atoms with Gasteiger partial charge in [-0.05, 0) is 24.4 Å². The lowest BCUT2D eigenvalue weighted by Gasteiger charge is -2.23. The number of nitrogens with zero attached hydrogens (tertiary/aromatic N) is 1. The van der Waals surface area contributed by atoms with Crippen LogP contribution in [-0.4, -0.2) is 43.0 Å². The largest absolute Gasteiger partial charge is 0.352 e. The first-order valence-corrected chi connectivity index (χ1v) is 7.62. The minimum absolute atomic E-state index is 0.0563. The maximum absolute atomic E-state index is 12.3. The Hall–Kier alpha value is -1.60. The van der Waals surface area contributed by atoms with Gasteiger partial charge in [-0.3, -0.25) is 4.79 Å². The molecule has 20 heavy (non-hydrogen) atoms. The van der Waals surface area contributed by atoms with Crippen LogP contribution in [0.5, 0.6) is 0 Å². The number of nitrogens with one attached hydrogen (secondary N) is 2. The Morgan fingerprint density at radius 2 is 2.30 bits per heavy atom. The predicted molar refractivity (Wildman–Crippen MR) is 78.5 cm³/mol. The average molecular weight is 296 g/mol. The molecule has 1 fully saturated rings. The molecule has 1 aliphatic heterocycles.